The largest absolute Gasteiger partial charge is 0.380 e. The zero-order valence-electron chi connectivity index (χ0n) is 11.9. The maximum absolute atomic E-state index is 11.8. The fourth-order valence-electron chi connectivity index (χ4n) is 2.35. The van der Waals surface area contributed by atoms with Crippen molar-refractivity contribution in [2.75, 3.05) is 13.7 Å². The van der Waals surface area contributed by atoms with E-state index in [1.165, 1.54) is 6.42 Å². The van der Waals surface area contributed by atoms with E-state index in [1.807, 2.05) is 24.3 Å². The molecule has 0 bridgehead atoms. The van der Waals surface area contributed by atoms with Crippen molar-refractivity contribution in [1.29, 1.82) is 0 Å². The summed E-state index contributed by atoms with van der Waals surface area (Å²) in [5, 5.41) is 6.30. The van der Waals surface area contributed by atoms with Gasteiger partial charge in [-0.1, -0.05) is 24.3 Å². The van der Waals surface area contributed by atoms with Gasteiger partial charge in [-0.15, -0.1) is 12.4 Å². The average Bonchev–Trinajstić information content (AvgIpc) is 2.91. The summed E-state index contributed by atoms with van der Waals surface area (Å²) in [6.07, 6.45) is 2.87. The molecule has 20 heavy (non-hydrogen) atoms. The molecule has 2 rings (SSSR count). The quantitative estimate of drug-likeness (QED) is 0.845. The summed E-state index contributed by atoms with van der Waals surface area (Å²) in [7, 11) is 1.69. The lowest BCUT2D eigenvalue weighted by molar-refractivity contribution is -0.121. The number of methoxy groups -OCH3 is 1. The maximum atomic E-state index is 11.8. The molecule has 0 saturated carbocycles. The Kier molecular flexibility index (Phi) is 7.59. The molecular weight excluding hydrogens is 276 g/mol. The molecule has 5 heteroatoms. The number of amides is 1. The summed E-state index contributed by atoms with van der Waals surface area (Å²) in [5.74, 6) is 0.125. The van der Waals surface area contributed by atoms with E-state index in [4.69, 9.17) is 4.74 Å². The van der Waals surface area contributed by atoms with Crippen LogP contribution in [0, 0.1) is 0 Å². The van der Waals surface area contributed by atoms with Crippen LogP contribution in [0.2, 0.25) is 0 Å². The molecule has 1 aromatic rings. The van der Waals surface area contributed by atoms with Crippen molar-refractivity contribution < 1.29 is 9.53 Å². The monoisotopic (exact) mass is 298 g/mol. The Labute approximate surface area is 126 Å². The van der Waals surface area contributed by atoms with E-state index in [0.717, 1.165) is 24.1 Å². The van der Waals surface area contributed by atoms with E-state index in [-0.39, 0.29) is 18.3 Å². The summed E-state index contributed by atoms with van der Waals surface area (Å²) < 4.78 is 5.06. The lowest BCUT2D eigenvalue weighted by atomic mass is 10.1. The number of rotatable bonds is 6. The van der Waals surface area contributed by atoms with Crippen LogP contribution in [0.15, 0.2) is 24.3 Å². The lowest BCUT2D eigenvalue weighted by Crippen LogP contribution is -2.31. The van der Waals surface area contributed by atoms with Crippen LogP contribution in [0.1, 0.15) is 30.4 Å². The maximum Gasteiger partial charge on any atom is 0.221 e. The number of ether oxygens (including phenoxy) is 1. The number of carbonyl (C=O) groups is 1. The highest BCUT2D eigenvalue weighted by Crippen LogP contribution is 2.09. The van der Waals surface area contributed by atoms with Gasteiger partial charge in [0.25, 0.3) is 0 Å². The van der Waals surface area contributed by atoms with Crippen molar-refractivity contribution in [2.45, 2.75) is 38.5 Å². The van der Waals surface area contributed by atoms with Gasteiger partial charge in [0, 0.05) is 26.1 Å². The van der Waals surface area contributed by atoms with E-state index in [0.29, 0.717) is 25.6 Å². The summed E-state index contributed by atoms with van der Waals surface area (Å²) >= 11 is 0. The highest BCUT2D eigenvalue weighted by Gasteiger charge is 2.17. The average molecular weight is 299 g/mol. The number of benzene rings is 1. The Bertz CT molecular complexity index is 403. The van der Waals surface area contributed by atoms with Crippen molar-refractivity contribution >= 4 is 18.3 Å². The predicted octanol–water partition coefficient (Wildman–Crippen LogP) is 2.01. The second-order valence-electron chi connectivity index (χ2n) is 5.02. The Morgan fingerprint density at radius 2 is 2.05 bits per heavy atom. The molecule has 1 heterocycles. The van der Waals surface area contributed by atoms with Gasteiger partial charge in [0.15, 0.2) is 0 Å². The van der Waals surface area contributed by atoms with Crippen LogP contribution in [-0.2, 0) is 22.7 Å². The van der Waals surface area contributed by atoms with E-state index in [1.54, 1.807) is 7.11 Å². The molecule has 0 spiro atoms. The number of hydrogen-bond donors (Lipinski definition) is 2. The minimum Gasteiger partial charge on any atom is -0.380 e. The first-order valence-corrected chi connectivity index (χ1v) is 6.85. The first kappa shape index (κ1) is 17.0. The Hall–Kier alpha value is -1.10. The molecule has 4 nitrogen and oxygen atoms in total. The van der Waals surface area contributed by atoms with Gasteiger partial charge in [0.1, 0.15) is 0 Å². The van der Waals surface area contributed by atoms with Crippen molar-refractivity contribution in [2.24, 2.45) is 0 Å². The van der Waals surface area contributed by atoms with Crippen molar-refractivity contribution in [3.8, 4) is 0 Å². The first-order valence-electron chi connectivity index (χ1n) is 6.85. The van der Waals surface area contributed by atoms with Crippen molar-refractivity contribution in [3.63, 3.8) is 0 Å². The van der Waals surface area contributed by atoms with Crippen LogP contribution in [0.4, 0.5) is 0 Å². The van der Waals surface area contributed by atoms with Gasteiger partial charge in [-0.2, -0.15) is 0 Å². The van der Waals surface area contributed by atoms with Gasteiger partial charge in [-0.25, -0.2) is 0 Å². The molecular formula is C15H23ClN2O2. The lowest BCUT2D eigenvalue weighted by Gasteiger charge is -2.10. The highest BCUT2D eigenvalue weighted by atomic mass is 35.5. The van der Waals surface area contributed by atoms with Gasteiger partial charge < -0.3 is 15.4 Å². The highest BCUT2D eigenvalue weighted by molar-refractivity contribution is 5.85. The topological polar surface area (TPSA) is 50.4 Å². The molecule has 0 radical (unpaired) electrons. The third-order valence-electron chi connectivity index (χ3n) is 3.42. The third-order valence-corrected chi connectivity index (χ3v) is 3.42. The van der Waals surface area contributed by atoms with Gasteiger partial charge >= 0.3 is 0 Å². The standard InChI is InChI=1S/C15H22N2O2.ClH/c1-19-11-13-6-4-12(5-7-13)10-17-15(18)9-14-3-2-8-16-14;/h4-7,14,16H,2-3,8-11H2,1H3,(H,17,18);1H. The molecule has 1 aromatic carbocycles. The second kappa shape index (κ2) is 8.95. The molecule has 1 saturated heterocycles. The van der Waals surface area contributed by atoms with Crippen molar-refractivity contribution in [3.05, 3.63) is 35.4 Å². The number of carbonyl (C=O) groups excluding carboxylic acids is 1. The molecule has 1 fully saturated rings. The minimum absolute atomic E-state index is 0. The van der Waals surface area contributed by atoms with Crippen LogP contribution in [-0.4, -0.2) is 25.6 Å². The van der Waals surface area contributed by atoms with Crippen LogP contribution >= 0.6 is 12.4 Å². The molecule has 0 aliphatic carbocycles. The normalized spacial score (nSPS) is 17.6. The molecule has 2 N–H and O–H groups in total. The molecule has 1 atom stereocenters. The number of hydrogen-bond acceptors (Lipinski definition) is 3. The Balaban J connectivity index is 0.00000200. The van der Waals surface area contributed by atoms with E-state index >= 15 is 0 Å². The summed E-state index contributed by atoms with van der Waals surface area (Å²) in [6.45, 7) is 2.26. The molecule has 1 aliphatic rings. The Morgan fingerprint density at radius 1 is 1.35 bits per heavy atom. The molecule has 1 unspecified atom stereocenters. The molecule has 0 aromatic heterocycles. The van der Waals surface area contributed by atoms with Crippen molar-refractivity contribution in [1.82, 2.24) is 10.6 Å². The fourth-order valence-corrected chi connectivity index (χ4v) is 2.35. The van der Waals surface area contributed by atoms with Crippen LogP contribution in [0.5, 0.6) is 0 Å². The number of nitrogens with one attached hydrogen (secondary N) is 2. The first-order chi connectivity index (χ1) is 9.28. The van der Waals surface area contributed by atoms with Crippen LogP contribution in [0.3, 0.4) is 0 Å². The van der Waals surface area contributed by atoms with Crippen LogP contribution in [0.25, 0.3) is 0 Å². The van der Waals surface area contributed by atoms with Gasteiger partial charge in [0.05, 0.1) is 6.61 Å². The van der Waals surface area contributed by atoms with Gasteiger partial charge in [0.2, 0.25) is 5.91 Å². The zero-order valence-corrected chi connectivity index (χ0v) is 12.7. The smallest absolute Gasteiger partial charge is 0.221 e. The molecule has 1 aliphatic heterocycles. The zero-order chi connectivity index (χ0) is 13.5. The summed E-state index contributed by atoms with van der Waals surface area (Å²) in [6, 6.07) is 8.49. The second-order valence-corrected chi connectivity index (χ2v) is 5.02. The summed E-state index contributed by atoms with van der Waals surface area (Å²) in [5.41, 5.74) is 2.26. The predicted molar refractivity (Wildman–Crippen MR) is 81.9 cm³/mol. The minimum atomic E-state index is 0. The van der Waals surface area contributed by atoms with E-state index < -0.39 is 0 Å². The fraction of sp³-hybridized carbons (Fsp3) is 0.533. The summed E-state index contributed by atoms with van der Waals surface area (Å²) in [4.78, 5) is 11.8. The van der Waals surface area contributed by atoms with Gasteiger partial charge in [-0.3, -0.25) is 4.79 Å². The Morgan fingerprint density at radius 3 is 2.65 bits per heavy atom. The molecule has 112 valence electrons. The molecule has 1 amide bonds. The third kappa shape index (κ3) is 5.49. The van der Waals surface area contributed by atoms with Crippen LogP contribution < -0.4 is 10.6 Å². The van der Waals surface area contributed by atoms with E-state index in [2.05, 4.69) is 10.6 Å². The SMILES string of the molecule is COCc1ccc(CNC(=O)CC2CCCN2)cc1.Cl. The van der Waals surface area contributed by atoms with E-state index in [9.17, 15) is 4.79 Å². The van der Waals surface area contributed by atoms with Gasteiger partial charge in [-0.05, 0) is 30.5 Å². The number of halogens is 1.